The summed E-state index contributed by atoms with van der Waals surface area (Å²) in [5.41, 5.74) is 4.55. The van der Waals surface area contributed by atoms with E-state index in [1.165, 1.54) is 12.8 Å². The van der Waals surface area contributed by atoms with Crippen molar-refractivity contribution in [3.05, 3.63) is 57.6 Å². The van der Waals surface area contributed by atoms with E-state index in [0.717, 1.165) is 24.0 Å². The molecule has 2 aliphatic carbocycles. The fraction of sp³-hybridized carbons (Fsp3) is 0.440. The van der Waals surface area contributed by atoms with E-state index in [2.05, 4.69) is 17.5 Å². The Hall–Kier alpha value is -2.24. The summed E-state index contributed by atoms with van der Waals surface area (Å²) in [5.74, 6) is 1.85. The molecule has 0 spiro atoms. The number of nitrogens with zero attached hydrogens (tertiary/aromatic N) is 1. The highest BCUT2D eigenvalue weighted by molar-refractivity contribution is 6.35. The molecule has 2 aliphatic rings. The zero-order chi connectivity index (χ0) is 22.7. The predicted octanol–water partition coefficient (Wildman–Crippen LogP) is 6.25. The summed E-state index contributed by atoms with van der Waals surface area (Å²) in [5, 5.41) is 5.32. The Bertz CT molecular complexity index is 1030. The van der Waals surface area contributed by atoms with Crippen LogP contribution in [0.25, 0.3) is 0 Å². The van der Waals surface area contributed by atoms with E-state index in [1.807, 2.05) is 31.2 Å². The minimum Gasteiger partial charge on any atom is -0.490 e. The molecule has 2 saturated carbocycles. The third-order valence-electron chi connectivity index (χ3n) is 6.67. The van der Waals surface area contributed by atoms with Gasteiger partial charge >= 0.3 is 0 Å². The molecular weight excluding hydrogens is 447 g/mol. The monoisotopic (exact) mass is 474 g/mol. The molecule has 0 unspecified atom stereocenters. The maximum atomic E-state index is 12.6. The molecule has 170 valence electrons. The number of fused-ring (bicyclic) bond motifs is 1. The molecule has 5 nitrogen and oxygen atoms in total. The first kappa shape index (κ1) is 22.9. The van der Waals surface area contributed by atoms with Crippen LogP contribution in [-0.4, -0.2) is 18.7 Å². The molecule has 0 aromatic heterocycles. The molecule has 0 aliphatic heterocycles. The van der Waals surface area contributed by atoms with E-state index in [-0.39, 0.29) is 17.2 Å². The van der Waals surface area contributed by atoms with E-state index in [1.54, 1.807) is 18.3 Å². The largest absolute Gasteiger partial charge is 0.490 e. The Morgan fingerprint density at radius 1 is 1.19 bits per heavy atom. The Labute approximate surface area is 199 Å². The number of carbonyl (C=O) groups is 1. The standard InChI is InChI=1S/C25H28Cl2N2O3/c1-3-31-22-12-16(7-10-21(22)32-15-17-8-9-18(26)13-20(17)27)14-28-29-24(30)23-19-6-4-5-11-25(19,23)2/h7-10,12-14,19,23H,3-6,11,15H2,1-2H3,(H,29,30)/b28-14+/t19-,23+,25+/m1/s1. The van der Waals surface area contributed by atoms with Crippen LogP contribution < -0.4 is 14.9 Å². The molecule has 7 heteroatoms. The predicted molar refractivity (Wildman–Crippen MR) is 128 cm³/mol. The Kier molecular flexibility index (Phi) is 6.96. The van der Waals surface area contributed by atoms with Gasteiger partial charge in [0.2, 0.25) is 5.91 Å². The number of rotatable bonds is 8. The lowest BCUT2D eigenvalue weighted by atomic mass is 9.90. The van der Waals surface area contributed by atoms with Crippen LogP contribution in [0.5, 0.6) is 11.5 Å². The van der Waals surface area contributed by atoms with Gasteiger partial charge in [0.05, 0.1) is 12.8 Å². The van der Waals surface area contributed by atoms with Gasteiger partial charge in [0.25, 0.3) is 0 Å². The van der Waals surface area contributed by atoms with Gasteiger partial charge in [-0.25, -0.2) is 5.43 Å². The quantitative estimate of drug-likeness (QED) is 0.363. The highest BCUT2D eigenvalue weighted by Crippen LogP contribution is 2.66. The minimum atomic E-state index is 0.0282. The van der Waals surface area contributed by atoms with Crippen LogP contribution in [-0.2, 0) is 11.4 Å². The second kappa shape index (κ2) is 9.72. The smallest absolute Gasteiger partial charge is 0.244 e. The number of carbonyl (C=O) groups excluding carboxylic acids is 1. The van der Waals surface area contributed by atoms with Gasteiger partial charge in [0.15, 0.2) is 11.5 Å². The first-order chi connectivity index (χ1) is 15.4. The number of hydrogen-bond acceptors (Lipinski definition) is 4. The van der Waals surface area contributed by atoms with Crippen LogP contribution in [0.1, 0.15) is 50.7 Å². The number of hydrogen-bond donors (Lipinski definition) is 1. The lowest BCUT2D eigenvalue weighted by Gasteiger charge is -2.15. The van der Waals surface area contributed by atoms with Crippen molar-refractivity contribution >= 4 is 35.3 Å². The molecule has 0 heterocycles. The van der Waals surface area contributed by atoms with E-state index < -0.39 is 0 Å². The first-order valence-corrected chi connectivity index (χ1v) is 11.8. The lowest BCUT2D eigenvalue weighted by molar-refractivity contribution is -0.123. The van der Waals surface area contributed by atoms with Gasteiger partial charge in [-0.3, -0.25) is 4.79 Å². The molecule has 1 N–H and O–H groups in total. The molecule has 3 atom stereocenters. The molecule has 0 bridgehead atoms. The molecule has 2 aromatic carbocycles. The van der Waals surface area contributed by atoms with Gasteiger partial charge in [0.1, 0.15) is 6.61 Å². The molecule has 0 saturated heterocycles. The second-order valence-corrected chi connectivity index (χ2v) is 9.58. The van der Waals surface area contributed by atoms with Crippen LogP contribution in [0.15, 0.2) is 41.5 Å². The van der Waals surface area contributed by atoms with E-state index in [4.69, 9.17) is 32.7 Å². The van der Waals surface area contributed by atoms with Crippen molar-refractivity contribution in [1.29, 1.82) is 0 Å². The summed E-state index contributed by atoms with van der Waals surface area (Å²) in [6, 6.07) is 10.8. The zero-order valence-corrected chi connectivity index (χ0v) is 19.9. The summed E-state index contributed by atoms with van der Waals surface area (Å²) >= 11 is 12.2. The van der Waals surface area contributed by atoms with Gasteiger partial charge in [-0.05, 0) is 67.0 Å². The van der Waals surface area contributed by atoms with Crippen LogP contribution in [0, 0.1) is 17.3 Å². The van der Waals surface area contributed by atoms with Crippen molar-refractivity contribution in [3.8, 4) is 11.5 Å². The maximum Gasteiger partial charge on any atom is 0.244 e. The maximum absolute atomic E-state index is 12.6. The molecule has 0 radical (unpaired) electrons. The van der Waals surface area contributed by atoms with Gasteiger partial charge < -0.3 is 9.47 Å². The summed E-state index contributed by atoms with van der Waals surface area (Å²) < 4.78 is 11.7. The van der Waals surface area contributed by atoms with Crippen LogP contribution in [0.3, 0.4) is 0 Å². The van der Waals surface area contributed by atoms with Gasteiger partial charge in [-0.15, -0.1) is 0 Å². The van der Waals surface area contributed by atoms with Gasteiger partial charge in [-0.1, -0.05) is 49.0 Å². The third-order valence-corrected chi connectivity index (χ3v) is 7.26. The molecule has 2 fully saturated rings. The molecule has 2 aromatic rings. The normalized spacial score (nSPS) is 24.1. The number of amides is 1. The van der Waals surface area contributed by atoms with E-state index >= 15 is 0 Å². The lowest BCUT2D eigenvalue weighted by Crippen LogP contribution is -2.22. The highest BCUT2D eigenvalue weighted by Gasteiger charge is 2.64. The average Bonchev–Trinajstić information content (AvgIpc) is 3.40. The first-order valence-electron chi connectivity index (χ1n) is 11.1. The van der Waals surface area contributed by atoms with Gasteiger partial charge in [0, 0.05) is 21.5 Å². The Morgan fingerprint density at radius 3 is 2.75 bits per heavy atom. The molecular formula is C25H28Cl2N2O3. The number of ether oxygens (including phenoxy) is 2. The molecule has 4 rings (SSSR count). The molecule has 32 heavy (non-hydrogen) atoms. The van der Waals surface area contributed by atoms with Crippen LogP contribution in [0.2, 0.25) is 10.0 Å². The Balaban J connectivity index is 1.38. The van der Waals surface area contributed by atoms with Crippen molar-refractivity contribution in [2.24, 2.45) is 22.4 Å². The SMILES string of the molecule is CCOc1cc(/C=N/NC(=O)[C@@H]2[C@H]3CCCC[C@@]32C)ccc1OCc1ccc(Cl)cc1Cl. The fourth-order valence-corrected chi connectivity index (χ4v) is 5.34. The number of benzene rings is 2. The summed E-state index contributed by atoms with van der Waals surface area (Å²) in [6.07, 6.45) is 6.37. The second-order valence-electron chi connectivity index (χ2n) is 8.73. The van der Waals surface area contributed by atoms with Gasteiger partial charge in [-0.2, -0.15) is 5.10 Å². The Morgan fingerprint density at radius 2 is 2.03 bits per heavy atom. The van der Waals surface area contributed by atoms with Crippen molar-refractivity contribution in [2.45, 2.75) is 46.1 Å². The number of halogens is 2. The number of hydrazone groups is 1. The van der Waals surface area contributed by atoms with Crippen LogP contribution >= 0.6 is 23.2 Å². The summed E-state index contributed by atoms with van der Waals surface area (Å²) in [7, 11) is 0. The summed E-state index contributed by atoms with van der Waals surface area (Å²) in [6.45, 7) is 4.93. The fourth-order valence-electron chi connectivity index (χ4n) is 4.88. The minimum absolute atomic E-state index is 0.0282. The highest BCUT2D eigenvalue weighted by atomic mass is 35.5. The van der Waals surface area contributed by atoms with Crippen LogP contribution in [0.4, 0.5) is 0 Å². The van der Waals surface area contributed by atoms with Crippen molar-refractivity contribution in [2.75, 3.05) is 6.61 Å². The van der Waals surface area contributed by atoms with Crippen molar-refractivity contribution in [3.63, 3.8) is 0 Å². The topological polar surface area (TPSA) is 59.9 Å². The van der Waals surface area contributed by atoms with Crippen molar-refractivity contribution < 1.29 is 14.3 Å². The molecule has 1 amide bonds. The van der Waals surface area contributed by atoms with Crippen molar-refractivity contribution in [1.82, 2.24) is 5.43 Å². The number of nitrogens with one attached hydrogen (secondary N) is 1. The average molecular weight is 475 g/mol. The zero-order valence-electron chi connectivity index (χ0n) is 18.4. The third kappa shape index (κ3) is 4.89. The summed E-state index contributed by atoms with van der Waals surface area (Å²) in [4.78, 5) is 12.6. The van der Waals surface area contributed by atoms with E-state index in [0.29, 0.717) is 40.7 Å². The van der Waals surface area contributed by atoms with E-state index in [9.17, 15) is 4.79 Å².